The minimum Gasteiger partial charge on any atom is -0.358 e. The van der Waals surface area contributed by atoms with E-state index in [1.807, 2.05) is 0 Å². The Morgan fingerprint density at radius 1 is 1.64 bits per heavy atom. The van der Waals surface area contributed by atoms with Gasteiger partial charge in [0.1, 0.15) is 0 Å². The van der Waals surface area contributed by atoms with Crippen molar-refractivity contribution in [2.75, 3.05) is 13.6 Å². The Morgan fingerprint density at radius 3 is 2.55 bits per heavy atom. The number of nitrogens with one attached hydrogen (secondary N) is 1. The van der Waals surface area contributed by atoms with Crippen LogP contribution in [0.1, 0.15) is 12.8 Å². The third kappa shape index (κ3) is 6.09. The number of likely N-dealkylation sites (N-methyl/N-ethyl adjacent to an activating group) is 1. The monoisotopic (exact) mass is 181 g/mol. The highest BCUT2D eigenvalue weighted by atomic mass is 35.5. The minimum atomic E-state index is -0.395. The molecule has 0 heterocycles. The average Bonchev–Trinajstić information content (AvgIpc) is 1.98. The van der Waals surface area contributed by atoms with Crippen LogP contribution in [0.15, 0.2) is 0 Å². The van der Waals surface area contributed by atoms with E-state index in [-0.39, 0.29) is 18.3 Å². The van der Waals surface area contributed by atoms with Gasteiger partial charge in [0.05, 0.1) is 6.04 Å². The van der Waals surface area contributed by atoms with Crippen LogP contribution in [0.3, 0.4) is 0 Å². The number of hydrogen-bond donors (Lipinski definition) is 3. The Balaban J connectivity index is 0. The molecule has 0 unspecified atom stereocenters. The molecule has 1 atom stereocenters. The highest BCUT2D eigenvalue weighted by molar-refractivity contribution is 5.85. The Labute approximate surface area is 73.1 Å². The van der Waals surface area contributed by atoms with E-state index < -0.39 is 6.04 Å². The van der Waals surface area contributed by atoms with Crippen LogP contribution < -0.4 is 16.8 Å². The lowest BCUT2D eigenvalue weighted by molar-refractivity contribution is -0.122. The van der Waals surface area contributed by atoms with E-state index in [1.165, 1.54) is 0 Å². The van der Waals surface area contributed by atoms with E-state index in [0.29, 0.717) is 13.0 Å². The van der Waals surface area contributed by atoms with Crippen molar-refractivity contribution in [2.45, 2.75) is 18.9 Å². The van der Waals surface area contributed by atoms with Crippen LogP contribution in [0, 0.1) is 0 Å². The average molecular weight is 182 g/mol. The second-order valence-corrected chi connectivity index (χ2v) is 2.15. The third-order valence-electron chi connectivity index (χ3n) is 1.30. The van der Waals surface area contributed by atoms with Crippen LogP contribution in [-0.2, 0) is 4.79 Å². The van der Waals surface area contributed by atoms with Crippen molar-refractivity contribution in [1.29, 1.82) is 0 Å². The van der Waals surface area contributed by atoms with Crippen molar-refractivity contribution >= 4 is 18.3 Å². The summed E-state index contributed by atoms with van der Waals surface area (Å²) in [6.45, 7) is 0.588. The molecule has 68 valence electrons. The Hall–Kier alpha value is -0.320. The molecule has 0 saturated carbocycles. The fraction of sp³-hybridized carbons (Fsp3) is 0.833. The first-order valence-corrected chi connectivity index (χ1v) is 3.39. The van der Waals surface area contributed by atoms with Gasteiger partial charge in [0.2, 0.25) is 5.91 Å². The normalized spacial score (nSPS) is 11.5. The number of amides is 1. The number of carbonyl (C=O) groups excluding carboxylic acids is 1. The molecule has 0 spiro atoms. The molecule has 5 N–H and O–H groups in total. The minimum absolute atomic E-state index is 0. The Bertz CT molecular complexity index is 110. The maximum absolute atomic E-state index is 10.7. The summed E-state index contributed by atoms with van der Waals surface area (Å²) < 4.78 is 0. The van der Waals surface area contributed by atoms with Crippen molar-refractivity contribution in [1.82, 2.24) is 5.32 Å². The summed E-state index contributed by atoms with van der Waals surface area (Å²) in [6, 6.07) is -0.395. The Kier molecular flexibility index (Phi) is 9.40. The molecule has 1 amide bonds. The summed E-state index contributed by atoms with van der Waals surface area (Å²) in [5, 5.41) is 2.47. The van der Waals surface area contributed by atoms with Gasteiger partial charge < -0.3 is 16.8 Å². The first-order chi connectivity index (χ1) is 4.72. The Morgan fingerprint density at radius 2 is 2.18 bits per heavy atom. The molecule has 0 aliphatic rings. The van der Waals surface area contributed by atoms with Gasteiger partial charge in [-0.3, -0.25) is 4.79 Å². The molecule has 0 saturated heterocycles. The number of hydrogen-bond acceptors (Lipinski definition) is 3. The summed E-state index contributed by atoms with van der Waals surface area (Å²) in [6.07, 6.45) is 1.46. The molecule has 5 heteroatoms. The molecule has 0 aliphatic heterocycles. The van der Waals surface area contributed by atoms with E-state index in [1.54, 1.807) is 7.05 Å². The molecular weight excluding hydrogens is 166 g/mol. The standard InChI is InChI=1S/C6H15N3O.ClH/c1-9-6(10)5(8)3-2-4-7;/h5H,2-4,7-8H2,1H3,(H,9,10);1H/t5-;/m0./s1. The topological polar surface area (TPSA) is 81.1 Å². The highest BCUT2D eigenvalue weighted by Crippen LogP contribution is 1.91. The molecule has 11 heavy (non-hydrogen) atoms. The lowest BCUT2D eigenvalue weighted by atomic mass is 10.1. The maximum Gasteiger partial charge on any atom is 0.236 e. The molecule has 4 nitrogen and oxygen atoms in total. The quantitative estimate of drug-likeness (QED) is 0.532. The van der Waals surface area contributed by atoms with Gasteiger partial charge in [-0.15, -0.1) is 12.4 Å². The zero-order valence-electron chi connectivity index (χ0n) is 6.67. The third-order valence-corrected chi connectivity index (χ3v) is 1.30. The number of carbonyl (C=O) groups is 1. The number of halogens is 1. The largest absolute Gasteiger partial charge is 0.358 e. The molecule has 0 bridgehead atoms. The van der Waals surface area contributed by atoms with E-state index in [2.05, 4.69) is 5.32 Å². The van der Waals surface area contributed by atoms with Gasteiger partial charge in [0.15, 0.2) is 0 Å². The van der Waals surface area contributed by atoms with Crippen molar-refractivity contribution < 1.29 is 4.79 Å². The summed E-state index contributed by atoms with van der Waals surface area (Å²) in [7, 11) is 1.57. The van der Waals surface area contributed by atoms with Crippen molar-refractivity contribution in [3.8, 4) is 0 Å². The molecule has 0 rings (SSSR count). The lowest BCUT2D eigenvalue weighted by Gasteiger charge is -2.07. The summed E-state index contributed by atoms with van der Waals surface area (Å²) in [4.78, 5) is 10.7. The van der Waals surface area contributed by atoms with Gasteiger partial charge in [-0.25, -0.2) is 0 Å². The highest BCUT2D eigenvalue weighted by Gasteiger charge is 2.09. The smallest absolute Gasteiger partial charge is 0.236 e. The van der Waals surface area contributed by atoms with Crippen LogP contribution in [0.4, 0.5) is 0 Å². The van der Waals surface area contributed by atoms with Crippen molar-refractivity contribution in [3.63, 3.8) is 0 Å². The summed E-state index contributed by atoms with van der Waals surface area (Å²) in [5.74, 6) is -0.117. The van der Waals surface area contributed by atoms with Gasteiger partial charge in [-0.2, -0.15) is 0 Å². The second kappa shape index (κ2) is 7.78. The summed E-state index contributed by atoms with van der Waals surface area (Å²) in [5.41, 5.74) is 10.7. The van der Waals surface area contributed by atoms with Gasteiger partial charge >= 0.3 is 0 Å². The zero-order valence-corrected chi connectivity index (χ0v) is 7.49. The van der Waals surface area contributed by atoms with E-state index >= 15 is 0 Å². The molecule has 0 aromatic carbocycles. The number of rotatable bonds is 4. The molecule has 0 radical (unpaired) electrons. The van der Waals surface area contributed by atoms with Crippen LogP contribution >= 0.6 is 12.4 Å². The van der Waals surface area contributed by atoms with Crippen LogP contribution in [0.5, 0.6) is 0 Å². The second-order valence-electron chi connectivity index (χ2n) is 2.15. The fourth-order valence-electron chi connectivity index (χ4n) is 0.654. The molecule has 0 aromatic heterocycles. The van der Waals surface area contributed by atoms with E-state index in [0.717, 1.165) is 6.42 Å². The van der Waals surface area contributed by atoms with E-state index in [4.69, 9.17) is 11.5 Å². The first-order valence-electron chi connectivity index (χ1n) is 3.39. The van der Waals surface area contributed by atoms with Gasteiger partial charge in [0, 0.05) is 7.05 Å². The molecule has 0 aromatic rings. The number of nitrogens with two attached hydrogens (primary N) is 2. The fourth-order valence-corrected chi connectivity index (χ4v) is 0.654. The van der Waals surface area contributed by atoms with Crippen LogP contribution in [0.25, 0.3) is 0 Å². The lowest BCUT2D eigenvalue weighted by Crippen LogP contribution is -2.38. The van der Waals surface area contributed by atoms with Crippen LogP contribution in [-0.4, -0.2) is 25.5 Å². The van der Waals surface area contributed by atoms with Gasteiger partial charge in [0.25, 0.3) is 0 Å². The molecule has 0 fully saturated rings. The van der Waals surface area contributed by atoms with Crippen LogP contribution in [0.2, 0.25) is 0 Å². The molecule has 0 aliphatic carbocycles. The predicted molar refractivity (Wildman–Crippen MR) is 47.6 cm³/mol. The summed E-state index contributed by atoms with van der Waals surface area (Å²) >= 11 is 0. The first kappa shape index (κ1) is 13.3. The molecular formula is C6H16ClN3O. The van der Waals surface area contributed by atoms with Crippen molar-refractivity contribution in [3.05, 3.63) is 0 Å². The SMILES string of the molecule is CNC(=O)[C@@H](N)CCCN.Cl. The maximum atomic E-state index is 10.7. The predicted octanol–water partition coefficient (Wildman–Crippen LogP) is -0.780. The zero-order chi connectivity index (χ0) is 7.98. The van der Waals surface area contributed by atoms with Gasteiger partial charge in [-0.05, 0) is 19.4 Å². The van der Waals surface area contributed by atoms with Crippen molar-refractivity contribution in [2.24, 2.45) is 11.5 Å². The van der Waals surface area contributed by atoms with E-state index in [9.17, 15) is 4.79 Å². The van der Waals surface area contributed by atoms with Gasteiger partial charge in [-0.1, -0.05) is 0 Å².